The minimum Gasteiger partial charge on any atom is -0.480 e. The number of hydrogen-bond donors (Lipinski definition) is 1. The molecule has 2 aromatic rings. The van der Waals surface area contributed by atoms with Crippen molar-refractivity contribution in [3.05, 3.63) is 32.5 Å². The van der Waals surface area contributed by atoms with E-state index in [1.54, 1.807) is 19.2 Å². The molecule has 1 N–H and O–H groups in total. The number of nitrogens with zero attached hydrogens (tertiary/aromatic N) is 2. The van der Waals surface area contributed by atoms with Crippen molar-refractivity contribution in [2.75, 3.05) is 13.7 Å². The molecule has 0 fully saturated rings. The van der Waals surface area contributed by atoms with Crippen LogP contribution in [0.3, 0.4) is 0 Å². The molecule has 2 heterocycles. The number of carbonyl (C=O) groups excluding carboxylic acids is 1. The molecule has 0 aliphatic carbocycles. The number of halogens is 1. The van der Waals surface area contributed by atoms with E-state index in [4.69, 9.17) is 9.47 Å². The zero-order valence-corrected chi connectivity index (χ0v) is 22.9. The van der Waals surface area contributed by atoms with E-state index in [1.807, 2.05) is 17.7 Å². The van der Waals surface area contributed by atoms with Crippen molar-refractivity contribution in [2.24, 2.45) is 5.92 Å². The average Bonchev–Trinajstić information content (AvgIpc) is 2.68. The molecule has 7 nitrogen and oxygen atoms in total. The molecule has 2 rings (SSSR count). The van der Waals surface area contributed by atoms with Gasteiger partial charge in [0.25, 0.3) is 0 Å². The smallest absolute Gasteiger partial charge is 0.343 e. The minimum absolute atomic E-state index is 0.0139. The second kappa shape index (κ2) is 10.1. The van der Waals surface area contributed by atoms with Crippen LogP contribution in [0.15, 0.2) is 21.5 Å². The normalized spacial score (nSPS) is 13.5. The summed E-state index contributed by atoms with van der Waals surface area (Å²) >= 11 is 3.40. The lowest BCUT2D eigenvalue weighted by atomic mass is 9.94. The zero-order chi connectivity index (χ0) is 24.4. The molecule has 0 aliphatic heterocycles. The summed E-state index contributed by atoms with van der Waals surface area (Å²) in [6.07, 6.45) is 3.12. The second-order valence-corrected chi connectivity index (χ2v) is 15.0. The van der Waals surface area contributed by atoms with E-state index in [1.165, 1.54) is 7.11 Å². The summed E-state index contributed by atoms with van der Waals surface area (Å²) in [5.74, 6) is -0.0976. The lowest BCUT2D eigenvalue weighted by Gasteiger charge is -2.37. The summed E-state index contributed by atoms with van der Waals surface area (Å²) in [5.41, 5.74) is 0.0254. The Morgan fingerprint density at radius 2 is 1.97 bits per heavy atom. The molecule has 0 aromatic carbocycles. The number of ether oxygens (including phenoxy) is 2. The van der Waals surface area contributed by atoms with Gasteiger partial charge in [-0.25, -0.2) is 4.79 Å². The SMILES string of the molecule is CCOC(=O)c1cn([C@H](CCC(C)(C)[Si](C)(C)O)C(C)C)c2nc(OC)c(Br)cc2c1=O. The highest BCUT2D eigenvalue weighted by Gasteiger charge is 2.38. The van der Waals surface area contributed by atoms with Gasteiger partial charge in [-0.1, -0.05) is 27.7 Å². The monoisotopic (exact) mass is 526 g/mol. The van der Waals surface area contributed by atoms with E-state index in [9.17, 15) is 14.4 Å². The van der Waals surface area contributed by atoms with Crippen molar-refractivity contribution < 1.29 is 19.1 Å². The van der Waals surface area contributed by atoms with Crippen molar-refractivity contribution in [1.29, 1.82) is 0 Å². The molecule has 178 valence electrons. The van der Waals surface area contributed by atoms with Crippen LogP contribution in [0.4, 0.5) is 0 Å². The highest BCUT2D eigenvalue weighted by Crippen LogP contribution is 2.42. The Kier molecular flexibility index (Phi) is 8.34. The largest absolute Gasteiger partial charge is 0.480 e. The Bertz CT molecular complexity index is 1040. The first-order valence-corrected chi connectivity index (χ1v) is 14.7. The fraction of sp³-hybridized carbons (Fsp3) is 0.609. The van der Waals surface area contributed by atoms with Gasteiger partial charge in [-0.05, 0) is 65.8 Å². The maximum Gasteiger partial charge on any atom is 0.343 e. The maximum atomic E-state index is 13.1. The molecule has 0 spiro atoms. The second-order valence-electron chi connectivity index (χ2n) is 9.64. The van der Waals surface area contributed by atoms with E-state index in [2.05, 4.69) is 48.6 Å². The number of rotatable bonds is 9. The summed E-state index contributed by atoms with van der Waals surface area (Å²) < 4.78 is 13.0. The van der Waals surface area contributed by atoms with E-state index in [0.29, 0.717) is 21.4 Å². The number of carbonyl (C=O) groups is 1. The maximum absolute atomic E-state index is 13.1. The van der Waals surface area contributed by atoms with Crippen LogP contribution in [0.1, 0.15) is 63.9 Å². The molecule has 0 radical (unpaired) electrons. The standard InChI is InChI=1S/C23H35BrN2O5Si/c1-9-31-22(28)16-13-26(18(14(2)3)10-11-23(4,5)32(7,8)29)20-15(19(16)27)12-17(24)21(25-20)30-6/h12-14,18,29H,9-11H2,1-8H3/t18-/m1/s1. The quantitative estimate of drug-likeness (QED) is 0.352. The van der Waals surface area contributed by atoms with Crippen LogP contribution >= 0.6 is 15.9 Å². The Balaban J connectivity index is 2.74. The third kappa shape index (κ3) is 5.43. The van der Waals surface area contributed by atoms with Crippen molar-refractivity contribution in [2.45, 2.75) is 71.6 Å². The Morgan fingerprint density at radius 3 is 2.47 bits per heavy atom. The fourth-order valence-electron chi connectivity index (χ4n) is 3.59. The summed E-state index contributed by atoms with van der Waals surface area (Å²) in [6.45, 7) is 14.2. The summed E-state index contributed by atoms with van der Waals surface area (Å²) in [7, 11) is -0.868. The first-order valence-electron chi connectivity index (χ1n) is 10.9. The predicted molar refractivity (Wildman–Crippen MR) is 133 cm³/mol. The lowest BCUT2D eigenvalue weighted by Crippen LogP contribution is -2.39. The minimum atomic E-state index is -2.39. The number of hydrogen-bond acceptors (Lipinski definition) is 6. The molecule has 0 amide bonds. The van der Waals surface area contributed by atoms with Crippen LogP contribution in [0.5, 0.6) is 5.88 Å². The van der Waals surface area contributed by atoms with Gasteiger partial charge >= 0.3 is 5.97 Å². The van der Waals surface area contributed by atoms with Crippen LogP contribution in [0, 0.1) is 5.92 Å². The van der Waals surface area contributed by atoms with Crippen molar-refractivity contribution in [3.63, 3.8) is 0 Å². The third-order valence-corrected chi connectivity index (χ3v) is 10.6. The number of aromatic nitrogens is 2. The summed E-state index contributed by atoms with van der Waals surface area (Å²) in [4.78, 5) is 41.1. The highest BCUT2D eigenvalue weighted by atomic mass is 79.9. The molecular formula is C23H35BrN2O5Si. The Morgan fingerprint density at radius 1 is 1.34 bits per heavy atom. The average molecular weight is 528 g/mol. The molecule has 1 atom stereocenters. The fourth-order valence-corrected chi connectivity index (χ4v) is 4.82. The Labute approximate surface area is 199 Å². The van der Waals surface area contributed by atoms with Crippen molar-refractivity contribution >= 4 is 41.3 Å². The molecule has 0 saturated carbocycles. The van der Waals surface area contributed by atoms with Crippen LogP contribution in [-0.2, 0) is 4.74 Å². The van der Waals surface area contributed by atoms with E-state index in [-0.39, 0.29) is 29.2 Å². The number of methoxy groups -OCH3 is 1. The molecular weight excluding hydrogens is 492 g/mol. The molecule has 0 saturated heterocycles. The van der Waals surface area contributed by atoms with Gasteiger partial charge in [-0.15, -0.1) is 0 Å². The van der Waals surface area contributed by atoms with E-state index < -0.39 is 19.7 Å². The van der Waals surface area contributed by atoms with Gasteiger partial charge in [0.05, 0.1) is 23.6 Å². The van der Waals surface area contributed by atoms with Crippen LogP contribution < -0.4 is 10.2 Å². The van der Waals surface area contributed by atoms with Crippen molar-refractivity contribution in [3.8, 4) is 5.88 Å². The van der Waals surface area contributed by atoms with Gasteiger partial charge in [-0.2, -0.15) is 4.98 Å². The van der Waals surface area contributed by atoms with Gasteiger partial charge in [0.15, 0.2) is 8.32 Å². The van der Waals surface area contributed by atoms with Gasteiger partial charge < -0.3 is 18.8 Å². The number of fused-ring (bicyclic) bond motifs is 1. The topological polar surface area (TPSA) is 90.7 Å². The van der Waals surface area contributed by atoms with Gasteiger partial charge in [0.1, 0.15) is 11.2 Å². The molecule has 0 aliphatic rings. The molecule has 0 unspecified atom stereocenters. The third-order valence-electron chi connectivity index (χ3n) is 6.46. The van der Waals surface area contributed by atoms with Gasteiger partial charge in [0, 0.05) is 12.2 Å². The summed E-state index contributed by atoms with van der Waals surface area (Å²) in [5, 5.41) is 0.123. The first kappa shape index (κ1) is 26.5. The van der Waals surface area contributed by atoms with E-state index in [0.717, 1.165) is 12.8 Å². The zero-order valence-electron chi connectivity index (χ0n) is 20.3. The highest BCUT2D eigenvalue weighted by molar-refractivity contribution is 9.10. The van der Waals surface area contributed by atoms with Crippen molar-refractivity contribution in [1.82, 2.24) is 9.55 Å². The van der Waals surface area contributed by atoms with E-state index >= 15 is 0 Å². The molecule has 2 aromatic heterocycles. The van der Waals surface area contributed by atoms with Gasteiger partial charge in [0.2, 0.25) is 11.3 Å². The lowest BCUT2D eigenvalue weighted by molar-refractivity contribution is 0.0523. The van der Waals surface area contributed by atoms with Gasteiger partial charge in [-0.3, -0.25) is 4.79 Å². The molecule has 0 bridgehead atoms. The van der Waals surface area contributed by atoms with Crippen LogP contribution in [0.25, 0.3) is 11.0 Å². The van der Waals surface area contributed by atoms with Crippen LogP contribution in [0.2, 0.25) is 18.1 Å². The summed E-state index contributed by atoms with van der Waals surface area (Å²) in [6, 6.07) is 1.59. The Hall–Kier alpha value is -1.71. The number of esters is 1. The molecule has 32 heavy (non-hydrogen) atoms. The predicted octanol–water partition coefficient (Wildman–Crippen LogP) is 5.30. The first-order chi connectivity index (χ1) is 14.7. The molecule has 9 heteroatoms. The van der Waals surface area contributed by atoms with Crippen LogP contribution in [-0.4, -0.2) is 42.4 Å². The number of pyridine rings is 2.